The number of aromatic nitrogens is 1. The van der Waals surface area contributed by atoms with Crippen molar-refractivity contribution >= 4 is 22.4 Å². The lowest BCUT2D eigenvalue weighted by molar-refractivity contribution is 0.119. The molecule has 0 unspecified atom stereocenters. The molecule has 2 N–H and O–H groups in total. The van der Waals surface area contributed by atoms with Crippen molar-refractivity contribution in [2.45, 2.75) is 70.5 Å². The van der Waals surface area contributed by atoms with Crippen LogP contribution in [0.25, 0.3) is 0 Å². The second-order valence-electron chi connectivity index (χ2n) is 7.96. The SMILES string of the molecule is CCNC(=NCc1csc(N(C)C)n1)NC1CCN(C2CCCCC2)CC1. The normalized spacial score (nSPS) is 20.6. The molecule has 2 fully saturated rings. The van der Waals surface area contributed by atoms with Crippen molar-refractivity contribution in [3.8, 4) is 0 Å². The van der Waals surface area contributed by atoms with E-state index in [1.54, 1.807) is 11.3 Å². The molecule has 6 nitrogen and oxygen atoms in total. The summed E-state index contributed by atoms with van der Waals surface area (Å²) in [6, 6.07) is 1.37. The molecule has 1 saturated carbocycles. The largest absolute Gasteiger partial charge is 0.357 e. The zero-order valence-corrected chi connectivity index (χ0v) is 18.0. The molecule has 1 aromatic rings. The van der Waals surface area contributed by atoms with Crippen LogP contribution in [0.1, 0.15) is 57.6 Å². The molecule has 7 heteroatoms. The molecule has 0 atom stereocenters. The van der Waals surface area contributed by atoms with Gasteiger partial charge in [0.1, 0.15) is 0 Å². The van der Waals surface area contributed by atoms with Crippen molar-refractivity contribution in [2.24, 2.45) is 4.99 Å². The smallest absolute Gasteiger partial charge is 0.191 e. The van der Waals surface area contributed by atoms with Gasteiger partial charge in [0.05, 0.1) is 12.2 Å². The molecular formula is C20H36N6S. The number of rotatable bonds is 6. The average Bonchev–Trinajstić information content (AvgIpc) is 3.17. The highest BCUT2D eigenvalue weighted by atomic mass is 32.1. The Labute approximate surface area is 168 Å². The van der Waals surface area contributed by atoms with Crippen LogP contribution in [0.4, 0.5) is 5.13 Å². The number of nitrogens with one attached hydrogen (secondary N) is 2. The Morgan fingerprint density at radius 3 is 2.59 bits per heavy atom. The molecular weight excluding hydrogens is 356 g/mol. The van der Waals surface area contributed by atoms with E-state index in [-0.39, 0.29) is 0 Å². The minimum absolute atomic E-state index is 0.524. The number of piperidine rings is 1. The van der Waals surface area contributed by atoms with Gasteiger partial charge in [-0.1, -0.05) is 19.3 Å². The van der Waals surface area contributed by atoms with Gasteiger partial charge in [-0.05, 0) is 32.6 Å². The van der Waals surface area contributed by atoms with Crippen LogP contribution in [0.5, 0.6) is 0 Å². The van der Waals surface area contributed by atoms with Crippen LogP contribution in [-0.4, -0.2) is 61.7 Å². The molecule has 0 radical (unpaired) electrons. The fraction of sp³-hybridized carbons (Fsp3) is 0.800. The Kier molecular flexibility index (Phi) is 7.76. The fourth-order valence-electron chi connectivity index (χ4n) is 4.10. The van der Waals surface area contributed by atoms with Crippen molar-refractivity contribution < 1.29 is 0 Å². The Hall–Kier alpha value is -1.34. The molecule has 1 aromatic heterocycles. The van der Waals surface area contributed by atoms with Gasteiger partial charge in [-0.25, -0.2) is 9.98 Å². The Bertz CT molecular complexity index is 585. The summed E-state index contributed by atoms with van der Waals surface area (Å²) >= 11 is 1.67. The van der Waals surface area contributed by atoms with E-state index in [2.05, 4.69) is 32.8 Å². The summed E-state index contributed by atoms with van der Waals surface area (Å²) in [6.45, 7) is 6.07. The van der Waals surface area contributed by atoms with Crippen LogP contribution in [0.2, 0.25) is 0 Å². The van der Waals surface area contributed by atoms with E-state index < -0.39 is 0 Å². The van der Waals surface area contributed by atoms with Crippen molar-refractivity contribution in [1.29, 1.82) is 0 Å². The minimum atomic E-state index is 0.524. The lowest BCUT2D eigenvalue weighted by Gasteiger charge is -2.39. The molecule has 1 aliphatic carbocycles. The number of anilines is 1. The lowest BCUT2D eigenvalue weighted by Crippen LogP contribution is -2.50. The number of nitrogens with zero attached hydrogens (tertiary/aromatic N) is 4. The van der Waals surface area contributed by atoms with Crippen LogP contribution in [0.15, 0.2) is 10.4 Å². The highest BCUT2D eigenvalue weighted by Crippen LogP contribution is 2.25. The number of likely N-dealkylation sites (tertiary alicyclic amines) is 1. The maximum atomic E-state index is 4.77. The van der Waals surface area contributed by atoms with Crippen LogP contribution in [0.3, 0.4) is 0 Å². The Balaban J connectivity index is 1.48. The molecule has 27 heavy (non-hydrogen) atoms. The zero-order chi connectivity index (χ0) is 19.1. The Morgan fingerprint density at radius 2 is 1.96 bits per heavy atom. The first kappa shape index (κ1) is 20.4. The standard InChI is InChI=1S/C20H36N6S/c1-4-21-19(22-14-17-15-27-20(24-17)25(2)3)23-16-10-12-26(13-11-16)18-8-6-5-7-9-18/h15-16,18H,4-14H2,1-3H3,(H2,21,22,23). The van der Waals surface area contributed by atoms with Crippen LogP contribution in [-0.2, 0) is 6.54 Å². The van der Waals surface area contributed by atoms with E-state index in [1.807, 2.05) is 19.0 Å². The monoisotopic (exact) mass is 392 g/mol. The maximum Gasteiger partial charge on any atom is 0.191 e. The molecule has 2 heterocycles. The van der Waals surface area contributed by atoms with E-state index in [1.165, 1.54) is 58.0 Å². The van der Waals surface area contributed by atoms with Gasteiger partial charge in [-0.15, -0.1) is 11.3 Å². The second kappa shape index (κ2) is 10.3. The summed E-state index contributed by atoms with van der Waals surface area (Å²) in [5.41, 5.74) is 1.04. The van der Waals surface area contributed by atoms with Gasteiger partial charge < -0.3 is 20.4 Å². The second-order valence-corrected chi connectivity index (χ2v) is 8.79. The third-order valence-electron chi connectivity index (χ3n) is 5.63. The number of guanidine groups is 1. The minimum Gasteiger partial charge on any atom is -0.357 e. The predicted octanol–water partition coefficient (Wildman–Crippen LogP) is 3.06. The van der Waals surface area contributed by atoms with Crippen molar-refractivity contribution in [1.82, 2.24) is 20.5 Å². The summed E-state index contributed by atoms with van der Waals surface area (Å²) in [7, 11) is 4.05. The van der Waals surface area contributed by atoms with Gasteiger partial charge in [0.15, 0.2) is 11.1 Å². The highest BCUT2D eigenvalue weighted by molar-refractivity contribution is 7.13. The summed E-state index contributed by atoms with van der Waals surface area (Å²) in [6.07, 6.45) is 9.52. The number of hydrogen-bond donors (Lipinski definition) is 2. The molecule has 2 aliphatic rings. The number of thiazole rings is 1. The summed E-state index contributed by atoms with van der Waals surface area (Å²) in [5, 5.41) is 10.2. The van der Waals surface area contributed by atoms with E-state index in [4.69, 9.17) is 4.99 Å². The van der Waals surface area contributed by atoms with E-state index in [9.17, 15) is 0 Å². The third-order valence-corrected chi connectivity index (χ3v) is 6.68. The molecule has 1 saturated heterocycles. The van der Waals surface area contributed by atoms with Crippen molar-refractivity contribution in [3.63, 3.8) is 0 Å². The van der Waals surface area contributed by atoms with E-state index in [0.29, 0.717) is 12.6 Å². The van der Waals surface area contributed by atoms with Gasteiger partial charge in [0.25, 0.3) is 0 Å². The zero-order valence-electron chi connectivity index (χ0n) is 17.2. The molecule has 0 amide bonds. The molecule has 3 rings (SSSR count). The van der Waals surface area contributed by atoms with Crippen LogP contribution >= 0.6 is 11.3 Å². The van der Waals surface area contributed by atoms with Gasteiger partial charge in [-0.3, -0.25) is 0 Å². The van der Waals surface area contributed by atoms with E-state index >= 15 is 0 Å². The summed E-state index contributed by atoms with van der Waals surface area (Å²) < 4.78 is 0. The first-order valence-electron chi connectivity index (χ1n) is 10.6. The average molecular weight is 393 g/mol. The molecule has 0 aromatic carbocycles. The predicted molar refractivity (Wildman–Crippen MR) is 116 cm³/mol. The van der Waals surface area contributed by atoms with Gasteiger partial charge in [0.2, 0.25) is 0 Å². The number of aliphatic imine (C=N–C) groups is 1. The quantitative estimate of drug-likeness (QED) is 0.576. The molecule has 0 bridgehead atoms. The van der Waals surface area contributed by atoms with Gasteiger partial charge >= 0.3 is 0 Å². The summed E-state index contributed by atoms with van der Waals surface area (Å²) in [4.78, 5) is 14.2. The fourth-order valence-corrected chi connectivity index (χ4v) is 4.85. The van der Waals surface area contributed by atoms with E-state index in [0.717, 1.165) is 29.4 Å². The lowest BCUT2D eigenvalue weighted by atomic mass is 9.92. The molecule has 152 valence electrons. The highest BCUT2D eigenvalue weighted by Gasteiger charge is 2.26. The first-order valence-corrected chi connectivity index (χ1v) is 11.4. The number of hydrogen-bond acceptors (Lipinski definition) is 5. The topological polar surface area (TPSA) is 55.8 Å². The summed E-state index contributed by atoms with van der Waals surface area (Å²) in [5.74, 6) is 0.924. The van der Waals surface area contributed by atoms with Crippen LogP contribution in [0, 0.1) is 0 Å². The van der Waals surface area contributed by atoms with Crippen LogP contribution < -0.4 is 15.5 Å². The van der Waals surface area contributed by atoms with Crippen molar-refractivity contribution in [3.05, 3.63) is 11.1 Å². The molecule has 1 aliphatic heterocycles. The first-order chi connectivity index (χ1) is 13.2. The maximum absolute atomic E-state index is 4.77. The van der Waals surface area contributed by atoms with Gasteiger partial charge in [-0.2, -0.15) is 0 Å². The third kappa shape index (κ3) is 6.07. The molecule has 0 spiro atoms. The van der Waals surface area contributed by atoms with Crippen molar-refractivity contribution in [2.75, 3.05) is 38.6 Å². The Morgan fingerprint density at radius 1 is 1.22 bits per heavy atom. The van der Waals surface area contributed by atoms with Gasteiger partial charge in [0, 0.05) is 51.2 Å².